The summed E-state index contributed by atoms with van der Waals surface area (Å²) in [5.41, 5.74) is 0.936. The normalized spacial score (nSPS) is 11.8. The van der Waals surface area contributed by atoms with Gasteiger partial charge in [0.05, 0.1) is 10.0 Å². The van der Waals surface area contributed by atoms with Gasteiger partial charge < -0.3 is 5.11 Å². The molecule has 0 radical (unpaired) electrons. The largest absolute Gasteiger partial charge is 0.505 e. The van der Waals surface area contributed by atoms with Gasteiger partial charge in [0.2, 0.25) is 0 Å². The van der Waals surface area contributed by atoms with E-state index in [1.54, 1.807) is 6.07 Å². The fraction of sp³-hybridized carbons (Fsp3) is 0.571. The molecular formula is C14H20Cl2O. The molecular weight excluding hydrogens is 255 g/mol. The van der Waals surface area contributed by atoms with Gasteiger partial charge in [0.25, 0.3) is 0 Å². The minimum Gasteiger partial charge on any atom is -0.505 e. The lowest BCUT2D eigenvalue weighted by atomic mass is 9.80. The topological polar surface area (TPSA) is 20.2 Å². The molecule has 0 saturated carbocycles. The van der Waals surface area contributed by atoms with E-state index in [-0.39, 0.29) is 11.2 Å². The van der Waals surface area contributed by atoms with Crippen LogP contribution in [0, 0.1) is 0 Å². The van der Waals surface area contributed by atoms with Crippen LogP contribution >= 0.6 is 23.2 Å². The maximum atomic E-state index is 9.76. The molecule has 0 heterocycles. The van der Waals surface area contributed by atoms with Crippen LogP contribution in [0.25, 0.3) is 0 Å². The average molecular weight is 275 g/mol. The SMILES string of the molecule is CCCCCC(C)(C)c1ccc(Cl)c(O)c1Cl. The van der Waals surface area contributed by atoms with Crippen molar-refractivity contribution in [2.24, 2.45) is 0 Å². The zero-order valence-corrected chi connectivity index (χ0v) is 12.2. The van der Waals surface area contributed by atoms with Crippen molar-refractivity contribution in [1.82, 2.24) is 0 Å². The van der Waals surface area contributed by atoms with Crippen molar-refractivity contribution in [3.8, 4) is 5.75 Å². The zero-order valence-electron chi connectivity index (χ0n) is 10.7. The van der Waals surface area contributed by atoms with E-state index in [4.69, 9.17) is 23.2 Å². The van der Waals surface area contributed by atoms with Crippen LogP contribution in [0.15, 0.2) is 12.1 Å². The van der Waals surface area contributed by atoms with Crippen LogP contribution < -0.4 is 0 Å². The highest BCUT2D eigenvalue weighted by Gasteiger charge is 2.25. The van der Waals surface area contributed by atoms with Gasteiger partial charge in [-0.05, 0) is 23.5 Å². The minimum atomic E-state index is -0.0334. The Hall–Kier alpha value is -0.400. The second-order valence-electron chi connectivity index (χ2n) is 5.10. The van der Waals surface area contributed by atoms with Crippen molar-refractivity contribution in [2.75, 3.05) is 0 Å². The summed E-state index contributed by atoms with van der Waals surface area (Å²) >= 11 is 12.0. The highest BCUT2D eigenvalue weighted by atomic mass is 35.5. The van der Waals surface area contributed by atoms with Gasteiger partial charge in [-0.25, -0.2) is 0 Å². The molecule has 0 spiro atoms. The Morgan fingerprint density at radius 3 is 2.41 bits per heavy atom. The molecule has 0 fully saturated rings. The first-order valence-electron chi connectivity index (χ1n) is 6.07. The van der Waals surface area contributed by atoms with Crippen LogP contribution in [0.2, 0.25) is 10.0 Å². The van der Waals surface area contributed by atoms with Crippen LogP contribution in [0.1, 0.15) is 52.0 Å². The molecule has 0 amide bonds. The molecule has 1 rings (SSSR count). The first kappa shape index (κ1) is 14.7. The first-order valence-corrected chi connectivity index (χ1v) is 6.83. The predicted octanol–water partition coefficient (Wildman–Crippen LogP) is 5.56. The molecule has 3 heteroatoms. The monoisotopic (exact) mass is 274 g/mol. The van der Waals surface area contributed by atoms with Gasteiger partial charge >= 0.3 is 0 Å². The number of phenols is 1. The highest BCUT2D eigenvalue weighted by Crippen LogP contribution is 2.41. The molecule has 17 heavy (non-hydrogen) atoms. The summed E-state index contributed by atoms with van der Waals surface area (Å²) < 4.78 is 0. The lowest BCUT2D eigenvalue weighted by Gasteiger charge is -2.27. The summed E-state index contributed by atoms with van der Waals surface area (Å²) in [4.78, 5) is 0. The highest BCUT2D eigenvalue weighted by molar-refractivity contribution is 6.37. The number of benzene rings is 1. The number of halogens is 2. The number of rotatable bonds is 5. The molecule has 0 bridgehead atoms. The zero-order chi connectivity index (χ0) is 13.1. The summed E-state index contributed by atoms with van der Waals surface area (Å²) in [6.45, 7) is 6.49. The molecule has 96 valence electrons. The second-order valence-corrected chi connectivity index (χ2v) is 5.88. The van der Waals surface area contributed by atoms with Crippen LogP contribution in [0.5, 0.6) is 5.75 Å². The Morgan fingerprint density at radius 1 is 1.18 bits per heavy atom. The second kappa shape index (κ2) is 5.97. The molecule has 0 aliphatic rings. The van der Waals surface area contributed by atoms with Gasteiger partial charge in [0.1, 0.15) is 0 Å². The Morgan fingerprint density at radius 2 is 1.82 bits per heavy atom. The van der Waals surface area contributed by atoms with E-state index in [0.717, 1.165) is 12.0 Å². The summed E-state index contributed by atoms with van der Waals surface area (Å²) in [5.74, 6) is -0.00519. The van der Waals surface area contributed by atoms with Crippen LogP contribution in [-0.2, 0) is 5.41 Å². The van der Waals surface area contributed by atoms with Gasteiger partial charge in [-0.3, -0.25) is 0 Å². The molecule has 1 nitrogen and oxygen atoms in total. The molecule has 0 aromatic heterocycles. The first-order chi connectivity index (χ1) is 7.90. The van der Waals surface area contributed by atoms with Gasteiger partial charge in [-0.2, -0.15) is 0 Å². The standard InChI is InChI=1S/C14H20Cl2O/c1-4-5-6-9-14(2,3)10-7-8-11(15)13(17)12(10)16/h7-8,17H,4-6,9H2,1-3H3. The van der Waals surface area contributed by atoms with Crippen molar-refractivity contribution < 1.29 is 5.11 Å². The molecule has 0 saturated heterocycles. The maximum absolute atomic E-state index is 9.76. The molecule has 1 aromatic rings. The summed E-state index contributed by atoms with van der Waals surface area (Å²) in [6.07, 6.45) is 4.65. The predicted molar refractivity (Wildman–Crippen MR) is 75.3 cm³/mol. The van der Waals surface area contributed by atoms with Gasteiger partial charge in [-0.15, -0.1) is 0 Å². The Balaban J connectivity index is 2.94. The van der Waals surface area contributed by atoms with E-state index < -0.39 is 0 Å². The van der Waals surface area contributed by atoms with Gasteiger partial charge in [-0.1, -0.05) is 69.3 Å². The van der Waals surface area contributed by atoms with Crippen LogP contribution in [-0.4, -0.2) is 5.11 Å². The third-order valence-corrected chi connectivity index (χ3v) is 3.89. The smallest absolute Gasteiger partial charge is 0.153 e. The third kappa shape index (κ3) is 3.53. The summed E-state index contributed by atoms with van der Waals surface area (Å²) in [5, 5.41) is 10.5. The number of hydrogen-bond acceptors (Lipinski definition) is 1. The quantitative estimate of drug-likeness (QED) is 0.698. The van der Waals surface area contributed by atoms with Crippen molar-refractivity contribution in [3.05, 3.63) is 27.7 Å². The molecule has 0 atom stereocenters. The van der Waals surface area contributed by atoms with Crippen molar-refractivity contribution in [3.63, 3.8) is 0 Å². The summed E-state index contributed by atoms with van der Waals surface area (Å²) in [6, 6.07) is 3.62. The number of unbranched alkanes of at least 4 members (excludes halogenated alkanes) is 2. The number of hydrogen-bond donors (Lipinski definition) is 1. The lowest BCUT2D eigenvalue weighted by molar-refractivity contribution is 0.441. The summed E-state index contributed by atoms with van der Waals surface area (Å²) in [7, 11) is 0. The third-order valence-electron chi connectivity index (χ3n) is 3.20. The molecule has 0 aliphatic carbocycles. The van der Waals surface area contributed by atoms with Crippen LogP contribution in [0.3, 0.4) is 0 Å². The van der Waals surface area contributed by atoms with E-state index >= 15 is 0 Å². The Bertz CT molecular complexity index is 386. The van der Waals surface area contributed by atoms with Gasteiger partial charge in [0, 0.05) is 0 Å². The van der Waals surface area contributed by atoms with E-state index in [9.17, 15) is 5.11 Å². The van der Waals surface area contributed by atoms with E-state index in [1.807, 2.05) is 6.07 Å². The van der Waals surface area contributed by atoms with Gasteiger partial charge in [0.15, 0.2) is 5.75 Å². The number of phenolic OH excluding ortho intramolecular Hbond substituents is 1. The fourth-order valence-corrected chi connectivity index (χ4v) is 2.64. The van der Waals surface area contributed by atoms with Crippen LogP contribution in [0.4, 0.5) is 0 Å². The van der Waals surface area contributed by atoms with E-state index in [2.05, 4.69) is 20.8 Å². The Kier molecular flexibility index (Phi) is 5.15. The fourth-order valence-electron chi connectivity index (χ4n) is 2.02. The van der Waals surface area contributed by atoms with E-state index in [0.29, 0.717) is 10.0 Å². The van der Waals surface area contributed by atoms with E-state index in [1.165, 1.54) is 19.3 Å². The molecule has 0 aliphatic heterocycles. The minimum absolute atomic E-state index is 0.00519. The van der Waals surface area contributed by atoms with Crippen molar-refractivity contribution >= 4 is 23.2 Å². The van der Waals surface area contributed by atoms with Crippen molar-refractivity contribution in [1.29, 1.82) is 0 Å². The Labute approximate surface area is 114 Å². The number of aromatic hydroxyl groups is 1. The molecule has 1 aromatic carbocycles. The maximum Gasteiger partial charge on any atom is 0.153 e. The average Bonchev–Trinajstić information content (AvgIpc) is 2.26. The molecule has 1 N–H and O–H groups in total. The lowest BCUT2D eigenvalue weighted by Crippen LogP contribution is -2.17. The molecule has 0 unspecified atom stereocenters. The van der Waals surface area contributed by atoms with Crippen molar-refractivity contribution in [2.45, 2.75) is 51.9 Å².